The number of rotatable bonds is 15. The molecule has 1 amide bonds. The zero-order valence-corrected chi connectivity index (χ0v) is 26.9. The van der Waals surface area contributed by atoms with Gasteiger partial charge >= 0.3 is 0 Å². The van der Waals surface area contributed by atoms with E-state index in [1.54, 1.807) is 49.8 Å². The molecule has 0 aliphatic carbocycles. The van der Waals surface area contributed by atoms with Crippen LogP contribution in [-0.2, 0) is 17.8 Å². The van der Waals surface area contributed by atoms with Crippen molar-refractivity contribution in [2.45, 2.75) is 38.3 Å². The summed E-state index contributed by atoms with van der Waals surface area (Å²) in [5.41, 5.74) is 4.07. The lowest BCUT2D eigenvalue weighted by molar-refractivity contribution is -0.119. The first kappa shape index (κ1) is 33.5. The minimum atomic E-state index is -0.451. The number of halogens is 3. The number of nitrogens with zero attached hydrogens (tertiary/aromatic N) is 3. The standard InChI is InChI=1S/C33H36Cl2FN7O3/c1-46-33-21(18-38-19-22-8-10-27(45)41-22)7-9-25(43-33)23-12-15-39-31(29(23)35)24-5-2-6-26(28(24)34)42-32-30(36)20(11-14-40-32)4-3-13-37-16-17-44/h2,5-7,9,11-12,14-15,22,37-38,44H,3-4,8,10,13,16-19H2,1H3,(H,40,42)(H,41,45)/t22-/m1/s1. The summed E-state index contributed by atoms with van der Waals surface area (Å²) in [5.74, 6) is 0.150. The first-order chi connectivity index (χ1) is 22.4. The number of anilines is 2. The van der Waals surface area contributed by atoms with E-state index < -0.39 is 5.82 Å². The fourth-order valence-corrected chi connectivity index (χ4v) is 5.86. The number of aliphatic hydroxyl groups excluding tert-OH is 1. The molecule has 3 aromatic heterocycles. The van der Waals surface area contributed by atoms with Crippen molar-refractivity contribution in [3.63, 3.8) is 0 Å². The molecule has 13 heteroatoms. The maximum Gasteiger partial charge on any atom is 0.220 e. The third-order valence-electron chi connectivity index (χ3n) is 7.65. The van der Waals surface area contributed by atoms with E-state index >= 15 is 4.39 Å². The minimum Gasteiger partial charge on any atom is -0.481 e. The van der Waals surface area contributed by atoms with Crippen molar-refractivity contribution in [3.8, 4) is 28.4 Å². The van der Waals surface area contributed by atoms with Crippen LogP contribution in [0.25, 0.3) is 22.5 Å². The van der Waals surface area contributed by atoms with Crippen LogP contribution in [0.2, 0.25) is 10.0 Å². The summed E-state index contributed by atoms with van der Waals surface area (Å²) >= 11 is 13.8. The monoisotopic (exact) mass is 667 g/mol. The second-order valence-corrected chi connectivity index (χ2v) is 11.6. The number of carbonyl (C=O) groups is 1. The van der Waals surface area contributed by atoms with Crippen LogP contribution in [0.1, 0.15) is 30.4 Å². The number of amides is 1. The molecule has 1 aromatic carbocycles. The number of pyridine rings is 3. The van der Waals surface area contributed by atoms with Gasteiger partial charge in [0.15, 0.2) is 11.6 Å². The van der Waals surface area contributed by atoms with Gasteiger partial charge in [0.2, 0.25) is 11.8 Å². The van der Waals surface area contributed by atoms with Crippen LogP contribution in [0.3, 0.4) is 0 Å². The van der Waals surface area contributed by atoms with Crippen molar-refractivity contribution in [2.24, 2.45) is 0 Å². The maximum atomic E-state index is 15.3. The molecular formula is C33H36Cl2FN7O3. The zero-order chi connectivity index (χ0) is 32.5. The molecule has 1 fully saturated rings. The van der Waals surface area contributed by atoms with E-state index in [-0.39, 0.29) is 24.4 Å². The molecule has 1 saturated heterocycles. The first-order valence-corrected chi connectivity index (χ1v) is 15.8. The number of methoxy groups -OCH3 is 1. The predicted molar refractivity (Wildman–Crippen MR) is 178 cm³/mol. The highest BCUT2D eigenvalue weighted by atomic mass is 35.5. The quantitative estimate of drug-likeness (QED) is 0.107. The van der Waals surface area contributed by atoms with Crippen LogP contribution in [-0.4, -0.2) is 65.4 Å². The molecule has 10 nitrogen and oxygen atoms in total. The minimum absolute atomic E-state index is 0.0595. The molecule has 0 unspecified atom stereocenters. The first-order valence-electron chi connectivity index (χ1n) is 15.1. The molecule has 0 bridgehead atoms. The van der Waals surface area contributed by atoms with Gasteiger partial charge < -0.3 is 31.1 Å². The van der Waals surface area contributed by atoms with Crippen molar-refractivity contribution in [2.75, 3.05) is 38.7 Å². The van der Waals surface area contributed by atoms with E-state index in [4.69, 9.17) is 38.0 Å². The van der Waals surface area contributed by atoms with Crippen molar-refractivity contribution in [1.29, 1.82) is 0 Å². The van der Waals surface area contributed by atoms with Crippen LogP contribution >= 0.6 is 23.2 Å². The molecule has 242 valence electrons. The van der Waals surface area contributed by atoms with Gasteiger partial charge in [-0.15, -0.1) is 0 Å². The summed E-state index contributed by atoms with van der Waals surface area (Å²) in [6, 6.07) is 12.6. The van der Waals surface area contributed by atoms with E-state index in [1.807, 2.05) is 12.1 Å². The Morgan fingerprint density at radius 2 is 1.87 bits per heavy atom. The number of carbonyl (C=O) groups excluding carboxylic acids is 1. The number of benzene rings is 1. The van der Waals surface area contributed by atoms with Gasteiger partial charge in [0.1, 0.15) is 0 Å². The number of hydrogen-bond acceptors (Lipinski definition) is 9. The fraction of sp³-hybridized carbons (Fsp3) is 0.333. The Bertz CT molecular complexity index is 1680. The molecule has 46 heavy (non-hydrogen) atoms. The highest BCUT2D eigenvalue weighted by Crippen LogP contribution is 2.41. The van der Waals surface area contributed by atoms with E-state index in [1.165, 1.54) is 0 Å². The highest BCUT2D eigenvalue weighted by molar-refractivity contribution is 6.39. The van der Waals surface area contributed by atoms with Gasteiger partial charge in [-0.1, -0.05) is 41.4 Å². The summed E-state index contributed by atoms with van der Waals surface area (Å²) in [4.78, 5) is 24.9. The zero-order valence-electron chi connectivity index (χ0n) is 25.4. The lowest BCUT2D eigenvalue weighted by Gasteiger charge is -2.16. The summed E-state index contributed by atoms with van der Waals surface area (Å²) < 4.78 is 20.9. The van der Waals surface area contributed by atoms with Crippen molar-refractivity contribution < 1.29 is 19.0 Å². The van der Waals surface area contributed by atoms with Crippen LogP contribution in [0, 0.1) is 5.82 Å². The number of nitrogens with one attached hydrogen (secondary N) is 4. The molecule has 0 spiro atoms. The van der Waals surface area contributed by atoms with Crippen LogP contribution < -0.4 is 26.0 Å². The van der Waals surface area contributed by atoms with E-state index in [2.05, 4.69) is 31.2 Å². The molecule has 0 radical (unpaired) electrons. The van der Waals surface area contributed by atoms with Crippen molar-refractivity contribution >= 4 is 40.6 Å². The topological polar surface area (TPSA) is 133 Å². The molecule has 1 aliphatic rings. The Hall–Kier alpha value is -3.87. The summed E-state index contributed by atoms with van der Waals surface area (Å²) in [6.45, 7) is 2.40. The molecule has 4 heterocycles. The average molecular weight is 669 g/mol. The Morgan fingerprint density at radius 3 is 2.65 bits per heavy atom. The van der Waals surface area contributed by atoms with Crippen LogP contribution in [0.5, 0.6) is 5.88 Å². The maximum absolute atomic E-state index is 15.3. The van der Waals surface area contributed by atoms with E-state index in [9.17, 15) is 4.79 Å². The second kappa shape index (κ2) is 16.1. The number of hydrogen-bond donors (Lipinski definition) is 5. The Balaban J connectivity index is 1.33. The third kappa shape index (κ3) is 8.09. The van der Waals surface area contributed by atoms with E-state index in [0.29, 0.717) is 95.1 Å². The van der Waals surface area contributed by atoms with Crippen molar-refractivity contribution in [1.82, 2.24) is 30.9 Å². The Morgan fingerprint density at radius 1 is 1.02 bits per heavy atom. The van der Waals surface area contributed by atoms with Gasteiger partial charge in [-0.2, -0.15) is 0 Å². The third-order valence-corrected chi connectivity index (χ3v) is 8.44. The normalized spacial score (nSPS) is 14.4. The largest absolute Gasteiger partial charge is 0.481 e. The number of aliphatic hydroxyl groups is 1. The fourth-order valence-electron chi connectivity index (χ4n) is 5.28. The van der Waals surface area contributed by atoms with Gasteiger partial charge in [0, 0.05) is 61.2 Å². The van der Waals surface area contributed by atoms with Crippen molar-refractivity contribution in [3.05, 3.63) is 81.8 Å². The Kier molecular flexibility index (Phi) is 11.7. The average Bonchev–Trinajstić information content (AvgIpc) is 3.48. The SMILES string of the molecule is COc1nc(-c2ccnc(-c3cccc(Nc4nccc(CCCNCCO)c4F)c3Cl)c2Cl)ccc1CNC[C@H]1CCC(=O)N1. The number of ether oxygens (including phenoxy) is 1. The molecule has 0 saturated carbocycles. The number of aromatic nitrogens is 3. The van der Waals surface area contributed by atoms with E-state index in [0.717, 1.165) is 12.0 Å². The van der Waals surface area contributed by atoms with Gasteiger partial charge in [0.25, 0.3) is 0 Å². The molecular weight excluding hydrogens is 632 g/mol. The second-order valence-electron chi connectivity index (χ2n) is 10.8. The lowest BCUT2D eigenvalue weighted by atomic mass is 10.1. The summed E-state index contributed by atoms with van der Waals surface area (Å²) in [6.07, 6.45) is 5.78. The Labute approximate surface area is 277 Å². The van der Waals surface area contributed by atoms with Gasteiger partial charge in [0.05, 0.1) is 40.8 Å². The van der Waals surface area contributed by atoms with Gasteiger partial charge in [-0.25, -0.2) is 14.4 Å². The molecule has 1 atom stereocenters. The van der Waals surface area contributed by atoms with Gasteiger partial charge in [-0.05, 0) is 55.6 Å². The molecule has 5 rings (SSSR count). The lowest BCUT2D eigenvalue weighted by Crippen LogP contribution is -2.35. The summed E-state index contributed by atoms with van der Waals surface area (Å²) in [7, 11) is 1.56. The molecule has 4 aromatic rings. The van der Waals surface area contributed by atoms with Crippen LogP contribution in [0.4, 0.5) is 15.9 Å². The smallest absolute Gasteiger partial charge is 0.220 e. The summed E-state index contributed by atoms with van der Waals surface area (Å²) in [5, 5.41) is 22.0. The predicted octanol–water partition coefficient (Wildman–Crippen LogP) is 5.29. The van der Waals surface area contributed by atoms with Gasteiger partial charge in [-0.3, -0.25) is 9.78 Å². The molecule has 1 aliphatic heterocycles. The van der Waals surface area contributed by atoms with Crippen LogP contribution in [0.15, 0.2) is 54.9 Å². The number of aryl methyl sites for hydroxylation is 1. The highest BCUT2D eigenvalue weighted by Gasteiger charge is 2.21. The molecule has 5 N–H and O–H groups in total.